The molecule has 0 rings (SSSR count). The summed E-state index contributed by atoms with van der Waals surface area (Å²) in [5.74, 6) is 0. The standard InChI is InChI=1S/Al.La.O.Y.H. The van der Waals surface area contributed by atoms with Gasteiger partial charge in [0.15, 0.2) is 0 Å². The van der Waals surface area contributed by atoms with Crippen molar-refractivity contribution < 1.29 is 72.1 Å². The minimum Gasteiger partial charge on any atom is 0 e. The van der Waals surface area contributed by atoms with Gasteiger partial charge in [-0.15, -0.1) is 0 Å². The van der Waals surface area contributed by atoms with Crippen molar-refractivity contribution in [1.29, 1.82) is 0 Å². The maximum atomic E-state index is 8.28. The minimum absolute atomic E-state index is 0. The molecule has 16 valence electrons. The van der Waals surface area contributed by atoms with Crippen LogP contribution in [-0.4, -0.2) is 16.2 Å². The summed E-state index contributed by atoms with van der Waals surface area (Å²) < 4.78 is 8.28. The first-order valence-corrected chi connectivity index (χ1v) is 0.866. The Labute approximate surface area is 86.4 Å². The molecule has 0 bridgehead atoms. The summed E-state index contributed by atoms with van der Waals surface area (Å²) in [6.45, 7) is 0. The van der Waals surface area contributed by atoms with E-state index in [1.807, 2.05) is 0 Å². The van der Waals surface area contributed by atoms with Crippen molar-refractivity contribution >= 4 is 16.2 Å². The van der Waals surface area contributed by atoms with Crippen molar-refractivity contribution in [1.82, 2.24) is 0 Å². The van der Waals surface area contributed by atoms with Gasteiger partial charge < -0.3 is 0 Å². The predicted molar refractivity (Wildman–Crippen MR) is 7.84 cm³/mol. The van der Waals surface area contributed by atoms with Crippen LogP contribution >= 0.6 is 0 Å². The van der Waals surface area contributed by atoms with Crippen LogP contribution in [0.1, 0.15) is 0 Å². The van der Waals surface area contributed by atoms with Gasteiger partial charge in [-0.2, -0.15) is 0 Å². The molecule has 2 radical (unpaired) electrons. The molecule has 0 saturated carbocycles. The summed E-state index contributed by atoms with van der Waals surface area (Å²) in [5, 5.41) is 0. The van der Waals surface area contributed by atoms with Crippen LogP contribution in [0.2, 0.25) is 0 Å². The fourth-order valence-corrected chi connectivity index (χ4v) is 0. The summed E-state index contributed by atoms with van der Waals surface area (Å²) in [6, 6.07) is 0. The Balaban J connectivity index is -0.00000000500. The zero-order chi connectivity index (χ0) is 2.00. The molecule has 0 spiro atoms. The Bertz CT molecular complexity index is 8.00. The summed E-state index contributed by atoms with van der Waals surface area (Å²) in [5.41, 5.74) is 0. The molecule has 0 saturated heterocycles. The maximum Gasteiger partial charge on any atom is 0 e. The Hall–Kier alpha value is 2.63. The number of rotatable bonds is 0. The monoisotopic (exact) mass is 272 g/mol. The molecule has 4 heavy (non-hydrogen) atoms. The molecule has 0 heterocycles. The third-order valence-electron chi connectivity index (χ3n) is 0. The van der Waals surface area contributed by atoms with Crippen LogP contribution in [-0.2, 0) is 36.5 Å². The first-order chi connectivity index (χ1) is 1.00. The smallest absolute Gasteiger partial charge is 0 e. The number of hydrogen-bond acceptors (Lipinski definition) is 1. The van der Waals surface area contributed by atoms with Gasteiger partial charge in [0.25, 0.3) is 0 Å². The quantitative estimate of drug-likeness (QED) is 0.529. The molecular formula is HAlLaOY. The largest absolute Gasteiger partial charge is 0 e. The predicted octanol–water partition coefficient (Wildman–Crippen LogP) is -0.770. The van der Waals surface area contributed by atoms with Crippen molar-refractivity contribution in [2.75, 3.05) is 0 Å². The SMILES string of the molecule is [La].[O]=[AlH].[Y]. The van der Waals surface area contributed by atoms with Gasteiger partial charge in [-0.25, -0.2) is 0 Å². The van der Waals surface area contributed by atoms with Crippen molar-refractivity contribution in [3.63, 3.8) is 0 Å². The van der Waals surface area contributed by atoms with E-state index in [2.05, 4.69) is 0 Å². The van der Waals surface area contributed by atoms with Crippen LogP contribution in [0.25, 0.3) is 0 Å². The van der Waals surface area contributed by atoms with Gasteiger partial charge in [-0.05, 0) is 0 Å². The average Bonchev–Trinajstić information content (AvgIpc) is 1.00. The first kappa shape index (κ1) is 15.9. The summed E-state index contributed by atoms with van der Waals surface area (Å²) in [4.78, 5) is 0. The molecule has 0 aliphatic rings. The fourth-order valence-electron chi connectivity index (χ4n) is 0. The molecule has 0 atom stereocenters. The van der Waals surface area contributed by atoms with E-state index >= 15 is 0 Å². The van der Waals surface area contributed by atoms with Gasteiger partial charge in [0.1, 0.15) is 0 Å². The third-order valence-corrected chi connectivity index (χ3v) is 0. The maximum absolute atomic E-state index is 8.28. The van der Waals surface area contributed by atoms with Gasteiger partial charge in [-0.3, -0.25) is 0 Å². The van der Waals surface area contributed by atoms with Crippen LogP contribution in [0.4, 0.5) is 0 Å². The zero-order valence-corrected chi connectivity index (χ0v) is 10.1. The topological polar surface area (TPSA) is 17.1 Å². The Morgan fingerprint density at radius 1 is 1.25 bits per heavy atom. The van der Waals surface area contributed by atoms with E-state index in [0.29, 0.717) is 16.2 Å². The Morgan fingerprint density at radius 3 is 1.25 bits per heavy atom. The minimum atomic E-state index is 0. The fraction of sp³-hybridized carbons (Fsp3) is 0. The molecule has 0 N–H and O–H groups in total. The molecule has 0 unspecified atom stereocenters. The van der Waals surface area contributed by atoms with Crippen molar-refractivity contribution in [2.24, 2.45) is 0 Å². The second-order valence-corrected chi connectivity index (χ2v) is 0. The molecule has 0 aromatic carbocycles. The normalized spacial score (nSPS) is 0.750. The van der Waals surface area contributed by atoms with E-state index in [-0.39, 0.29) is 68.3 Å². The van der Waals surface area contributed by atoms with E-state index in [1.165, 1.54) is 0 Å². The molecule has 0 aromatic rings. The molecule has 1 nitrogen and oxygen atoms in total. The second kappa shape index (κ2) is 17.4. The van der Waals surface area contributed by atoms with Gasteiger partial charge in [0, 0.05) is 68.3 Å². The third kappa shape index (κ3) is 8.82. The van der Waals surface area contributed by atoms with Crippen LogP contribution < -0.4 is 0 Å². The van der Waals surface area contributed by atoms with E-state index < -0.39 is 0 Å². The summed E-state index contributed by atoms with van der Waals surface area (Å²) >= 11 is 0.611. The van der Waals surface area contributed by atoms with E-state index in [0.717, 1.165) is 0 Å². The number of hydrogen-bond donors (Lipinski definition) is 0. The van der Waals surface area contributed by atoms with Gasteiger partial charge >= 0.3 is 20.0 Å². The molecule has 0 aromatic heterocycles. The first-order valence-electron chi connectivity index (χ1n) is 0.289. The summed E-state index contributed by atoms with van der Waals surface area (Å²) in [6.07, 6.45) is 0. The van der Waals surface area contributed by atoms with E-state index in [4.69, 9.17) is 3.80 Å². The van der Waals surface area contributed by atoms with Crippen LogP contribution in [0, 0.1) is 35.6 Å². The van der Waals surface area contributed by atoms with Crippen LogP contribution in [0.15, 0.2) is 0 Å². The Kier molecular flexibility index (Phi) is 69.6. The molecule has 0 fully saturated rings. The second-order valence-electron chi connectivity index (χ2n) is 0. The van der Waals surface area contributed by atoms with Gasteiger partial charge in [-0.1, -0.05) is 0 Å². The van der Waals surface area contributed by atoms with Crippen molar-refractivity contribution in [3.05, 3.63) is 0 Å². The average molecular weight is 272 g/mol. The Morgan fingerprint density at radius 2 is 1.25 bits per heavy atom. The van der Waals surface area contributed by atoms with Crippen molar-refractivity contribution in [2.45, 2.75) is 0 Å². The van der Waals surface area contributed by atoms with Gasteiger partial charge in [0.2, 0.25) is 0 Å². The molecule has 0 aliphatic carbocycles. The molecule has 4 heteroatoms. The van der Waals surface area contributed by atoms with Crippen LogP contribution in [0.5, 0.6) is 0 Å². The molecule has 0 amide bonds. The summed E-state index contributed by atoms with van der Waals surface area (Å²) in [7, 11) is 0. The van der Waals surface area contributed by atoms with E-state index in [9.17, 15) is 0 Å². The van der Waals surface area contributed by atoms with Crippen molar-refractivity contribution in [3.8, 4) is 0 Å². The van der Waals surface area contributed by atoms with Gasteiger partial charge in [0.05, 0.1) is 0 Å². The molecular weight excluding hydrogens is 271 g/mol. The molecule has 0 aliphatic heterocycles. The zero-order valence-electron chi connectivity index (χ0n) is 2.27. The van der Waals surface area contributed by atoms with Crippen LogP contribution in [0.3, 0.4) is 0 Å². The van der Waals surface area contributed by atoms with E-state index in [1.54, 1.807) is 0 Å².